The molecule has 1 N–H and O–H groups in total. The molecule has 0 bridgehead atoms. The molecule has 0 saturated carbocycles. The second kappa shape index (κ2) is 7.32. The molecule has 120 valence electrons. The Morgan fingerprint density at radius 3 is 3.00 bits per heavy atom. The van der Waals surface area contributed by atoms with E-state index in [1.165, 1.54) is 11.3 Å². The molecule has 6 nitrogen and oxygen atoms in total. The van der Waals surface area contributed by atoms with Crippen LogP contribution in [0.25, 0.3) is 4.96 Å². The van der Waals surface area contributed by atoms with E-state index in [-0.39, 0.29) is 12.2 Å². The van der Waals surface area contributed by atoms with Gasteiger partial charge in [0.15, 0.2) is 4.96 Å². The van der Waals surface area contributed by atoms with Crippen molar-refractivity contribution < 1.29 is 9.84 Å². The van der Waals surface area contributed by atoms with Gasteiger partial charge >= 0.3 is 0 Å². The summed E-state index contributed by atoms with van der Waals surface area (Å²) in [5.41, 5.74) is 0.829. The lowest BCUT2D eigenvalue weighted by atomic mass is 10.1. The Labute approximate surface area is 133 Å². The van der Waals surface area contributed by atoms with Gasteiger partial charge in [-0.2, -0.15) is 0 Å². The molecule has 22 heavy (non-hydrogen) atoms. The Morgan fingerprint density at radius 2 is 2.23 bits per heavy atom. The van der Waals surface area contributed by atoms with Gasteiger partial charge in [0.1, 0.15) is 0 Å². The summed E-state index contributed by atoms with van der Waals surface area (Å²) in [5.74, 6) is 0. The van der Waals surface area contributed by atoms with Crippen LogP contribution >= 0.6 is 11.3 Å². The van der Waals surface area contributed by atoms with Gasteiger partial charge in [-0.05, 0) is 19.3 Å². The molecule has 3 heterocycles. The minimum atomic E-state index is -0.0107. The summed E-state index contributed by atoms with van der Waals surface area (Å²) in [6.07, 6.45) is 4.74. The zero-order valence-corrected chi connectivity index (χ0v) is 13.3. The van der Waals surface area contributed by atoms with Crippen LogP contribution < -0.4 is 5.56 Å². The van der Waals surface area contributed by atoms with Crippen LogP contribution in [0.4, 0.5) is 0 Å². The van der Waals surface area contributed by atoms with Crippen LogP contribution in [-0.2, 0) is 11.3 Å². The minimum Gasteiger partial charge on any atom is -0.396 e. The standard InChI is InChI=1S/C15H21N3O3S/c19-7-1-8-21-13-2-4-17(5-3-13)11-12-10-14(20)18-6-9-22-15(18)16-12/h6,9-10,13,19H,1-5,7-8,11H2. The molecule has 1 fully saturated rings. The summed E-state index contributed by atoms with van der Waals surface area (Å²) < 4.78 is 7.31. The van der Waals surface area contributed by atoms with E-state index in [1.807, 2.05) is 5.38 Å². The van der Waals surface area contributed by atoms with Crippen LogP contribution in [0.5, 0.6) is 0 Å². The Kier molecular flexibility index (Phi) is 5.20. The van der Waals surface area contributed by atoms with Gasteiger partial charge in [-0.3, -0.25) is 14.1 Å². The number of aliphatic hydroxyl groups excluding tert-OH is 1. The van der Waals surface area contributed by atoms with Gasteiger partial charge in [-0.15, -0.1) is 11.3 Å². The number of piperidine rings is 1. The third-order valence-electron chi connectivity index (χ3n) is 3.93. The molecule has 7 heteroatoms. The molecule has 1 saturated heterocycles. The first-order valence-electron chi connectivity index (χ1n) is 7.67. The molecule has 1 aliphatic heterocycles. The average molecular weight is 323 g/mol. The maximum absolute atomic E-state index is 12.0. The fourth-order valence-corrected chi connectivity index (χ4v) is 3.49. The summed E-state index contributed by atoms with van der Waals surface area (Å²) in [6.45, 7) is 3.44. The SMILES string of the molecule is O=c1cc(CN2CCC(OCCCO)CC2)nc2sccn12. The molecule has 3 rings (SSSR count). The Hall–Kier alpha value is -1.28. The molecule has 0 aliphatic carbocycles. The molecule has 0 radical (unpaired) electrons. The third-order valence-corrected chi connectivity index (χ3v) is 4.69. The molecule has 1 aliphatic rings. The Morgan fingerprint density at radius 1 is 1.41 bits per heavy atom. The first kappa shape index (κ1) is 15.6. The number of hydrogen-bond acceptors (Lipinski definition) is 6. The van der Waals surface area contributed by atoms with Crippen molar-refractivity contribution in [2.24, 2.45) is 0 Å². The average Bonchev–Trinajstić information content (AvgIpc) is 2.98. The Bertz CT molecular complexity index is 661. The fourth-order valence-electron chi connectivity index (χ4n) is 2.75. The topological polar surface area (TPSA) is 67.1 Å². The molecule has 0 atom stereocenters. The van der Waals surface area contributed by atoms with Crippen molar-refractivity contribution in [1.29, 1.82) is 0 Å². The number of rotatable bonds is 6. The van der Waals surface area contributed by atoms with Crippen LogP contribution in [0.1, 0.15) is 25.0 Å². The highest BCUT2D eigenvalue weighted by Crippen LogP contribution is 2.16. The molecule has 2 aromatic rings. The molecule has 0 aromatic carbocycles. The van der Waals surface area contributed by atoms with Gasteiger partial charge in [0.2, 0.25) is 0 Å². The second-order valence-corrected chi connectivity index (χ2v) is 6.44. The summed E-state index contributed by atoms with van der Waals surface area (Å²) in [4.78, 5) is 19.6. The smallest absolute Gasteiger partial charge is 0.258 e. The first-order valence-corrected chi connectivity index (χ1v) is 8.55. The molecular weight excluding hydrogens is 302 g/mol. The van der Waals surface area contributed by atoms with Crippen molar-refractivity contribution in [3.8, 4) is 0 Å². The molecular formula is C15H21N3O3S. The number of ether oxygens (including phenoxy) is 1. The van der Waals surface area contributed by atoms with Gasteiger partial charge < -0.3 is 9.84 Å². The monoisotopic (exact) mass is 323 g/mol. The molecule has 0 amide bonds. The predicted octanol–water partition coefficient (Wildman–Crippen LogP) is 1.12. The highest BCUT2D eigenvalue weighted by molar-refractivity contribution is 7.15. The van der Waals surface area contributed by atoms with Crippen LogP contribution in [0.3, 0.4) is 0 Å². The zero-order chi connectivity index (χ0) is 15.4. The predicted molar refractivity (Wildman–Crippen MR) is 85.3 cm³/mol. The quantitative estimate of drug-likeness (QED) is 0.807. The van der Waals surface area contributed by atoms with Crippen molar-refractivity contribution in [2.45, 2.75) is 31.9 Å². The zero-order valence-electron chi connectivity index (χ0n) is 12.5. The summed E-state index contributed by atoms with van der Waals surface area (Å²) in [5, 5.41) is 10.6. The second-order valence-electron chi connectivity index (χ2n) is 5.56. The van der Waals surface area contributed by atoms with E-state index in [4.69, 9.17) is 9.84 Å². The lowest BCUT2D eigenvalue weighted by molar-refractivity contribution is 0.000579. The molecule has 0 unspecified atom stereocenters. The van der Waals surface area contributed by atoms with Gasteiger partial charge in [-0.1, -0.05) is 0 Å². The number of thiazole rings is 1. The lowest BCUT2D eigenvalue weighted by Gasteiger charge is -2.31. The van der Waals surface area contributed by atoms with Crippen molar-refractivity contribution in [3.63, 3.8) is 0 Å². The van der Waals surface area contributed by atoms with Crippen LogP contribution in [0.2, 0.25) is 0 Å². The minimum absolute atomic E-state index is 0.0107. The van der Waals surface area contributed by atoms with Crippen molar-refractivity contribution in [1.82, 2.24) is 14.3 Å². The summed E-state index contributed by atoms with van der Waals surface area (Å²) >= 11 is 1.48. The number of hydrogen-bond donors (Lipinski definition) is 1. The number of likely N-dealkylation sites (tertiary alicyclic amines) is 1. The highest BCUT2D eigenvalue weighted by atomic mass is 32.1. The van der Waals surface area contributed by atoms with Gasteiger partial charge in [0, 0.05) is 50.5 Å². The summed E-state index contributed by atoms with van der Waals surface area (Å²) in [7, 11) is 0. The van der Waals surface area contributed by atoms with Crippen molar-refractivity contribution in [3.05, 3.63) is 33.7 Å². The normalized spacial score (nSPS) is 17.3. The van der Waals surface area contributed by atoms with Crippen LogP contribution in [-0.4, -0.2) is 51.8 Å². The van der Waals surface area contributed by atoms with Crippen LogP contribution in [0, 0.1) is 0 Å². The number of aromatic nitrogens is 2. The van der Waals surface area contributed by atoms with Crippen molar-refractivity contribution >= 4 is 16.3 Å². The number of aliphatic hydroxyl groups is 1. The van der Waals surface area contributed by atoms with E-state index < -0.39 is 0 Å². The van der Waals surface area contributed by atoms with Gasteiger partial charge in [0.25, 0.3) is 5.56 Å². The fraction of sp³-hybridized carbons (Fsp3) is 0.600. The largest absolute Gasteiger partial charge is 0.396 e. The molecule has 0 spiro atoms. The first-order chi connectivity index (χ1) is 10.8. The highest BCUT2D eigenvalue weighted by Gasteiger charge is 2.20. The van der Waals surface area contributed by atoms with Crippen LogP contribution in [0.15, 0.2) is 22.4 Å². The van der Waals surface area contributed by atoms with E-state index in [2.05, 4.69) is 9.88 Å². The number of nitrogens with zero attached hydrogens (tertiary/aromatic N) is 3. The van der Waals surface area contributed by atoms with E-state index in [9.17, 15) is 4.79 Å². The molecule has 2 aromatic heterocycles. The lowest BCUT2D eigenvalue weighted by Crippen LogP contribution is -2.37. The van der Waals surface area contributed by atoms with Gasteiger partial charge in [-0.25, -0.2) is 4.98 Å². The van der Waals surface area contributed by atoms with E-state index in [0.29, 0.717) is 25.7 Å². The maximum atomic E-state index is 12.0. The third kappa shape index (κ3) is 3.73. The number of fused-ring (bicyclic) bond motifs is 1. The van der Waals surface area contributed by atoms with Crippen molar-refractivity contribution in [2.75, 3.05) is 26.3 Å². The van der Waals surface area contributed by atoms with E-state index in [0.717, 1.165) is 36.6 Å². The Balaban J connectivity index is 1.54. The van der Waals surface area contributed by atoms with E-state index >= 15 is 0 Å². The summed E-state index contributed by atoms with van der Waals surface area (Å²) in [6, 6.07) is 1.63. The van der Waals surface area contributed by atoms with E-state index in [1.54, 1.807) is 16.7 Å². The van der Waals surface area contributed by atoms with Gasteiger partial charge in [0.05, 0.1) is 11.8 Å². The maximum Gasteiger partial charge on any atom is 0.258 e.